The van der Waals surface area contributed by atoms with Gasteiger partial charge in [0.2, 0.25) is 0 Å². The highest BCUT2D eigenvalue weighted by Crippen LogP contribution is 2.45. The van der Waals surface area contributed by atoms with E-state index in [1.165, 1.54) is 52.6 Å². The Hall–Kier alpha value is -6.58. The quantitative estimate of drug-likeness (QED) is 0.0491. The van der Waals surface area contributed by atoms with Crippen molar-refractivity contribution in [2.45, 2.75) is 76.2 Å². The van der Waals surface area contributed by atoms with Crippen molar-refractivity contribution in [2.75, 3.05) is 49.5 Å². The van der Waals surface area contributed by atoms with Crippen molar-refractivity contribution >= 4 is 60.9 Å². The molecule has 1 saturated carbocycles. The van der Waals surface area contributed by atoms with Crippen LogP contribution in [-0.2, 0) is 10.0 Å². The molecule has 0 atom stereocenters. The van der Waals surface area contributed by atoms with E-state index in [2.05, 4.69) is 66.9 Å². The lowest BCUT2D eigenvalue weighted by Crippen LogP contribution is -2.47. The van der Waals surface area contributed by atoms with Crippen LogP contribution < -0.4 is 19.7 Å². The van der Waals surface area contributed by atoms with Crippen LogP contribution in [0.15, 0.2) is 107 Å². The summed E-state index contributed by atoms with van der Waals surface area (Å²) >= 11 is 1.71. The van der Waals surface area contributed by atoms with Gasteiger partial charge in [-0.15, -0.1) is 11.3 Å². The van der Waals surface area contributed by atoms with Crippen molar-refractivity contribution in [3.63, 3.8) is 0 Å². The largest absolute Gasteiger partial charge is 0.455 e. The number of amides is 1. The summed E-state index contributed by atoms with van der Waals surface area (Å²) in [5.74, 6) is 5.79. The van der Waals surface area contributed by atoms with Gasteiger partial charge >= 0.3 is 0 Å². The molecule has 1 saturated heterocycles. The number of rotatable bonds is 13. The van der Waals surface area contributed by atoms with E-state index in [4.69, 9.17) is 4.74 Å². The number of benzene rings is 3. The van der Waals surface area contributed by atoms with Crippen molar-refractivity contribution in [1.29, 1.82) is 0 Å². The van der Waals surface area contributed by atoms with Gasteiger partial charge in [0.25, 0.3) is 21.6 Å². The second kappa shape index (κ2) is 20.0. The molecule has 0 spiro atoms. The fraction of sp³-hybridized carbons (Fsp3) is 0.358. The Balaban J connectivity index is 0.906. The van der Waals surface area contributed by atoms with E-state index in [1.807, 2.05) is 6.07 Å². The van der Waals surface area contributed by atoms with Crippen LogP contribution in [0.25, 0.3) is 16.6 Å². The number of nitrogens with one attached hydrogen (secondary N) is 3. The zero-order valence-corrected chi connectivity index (χ0v) is 41.0. The highest BCUT2D eigenvalue weighted by molar-refractivity contribution is 7.90. The Bertz CT molecular complexity index is 3130. The third-order valence-corrected chi connectivity index (χ3v) is 16.0. The SMILES string of the molecule is CC1(C)CCC(CN2CCN(c3ccc(C(=O)NS(=O)(=O)c4ccc(NCC5CCC(C)(O)CC5)c([N+](=O)[O-])c4)c(Oc4cnc5[nH]ccc5c4)c3)CC2)=C(c2cc(C#Cc3ccc(F)cc3)cs2)C1. The van der Waals surface area contributed by atoms with E-state index in [9.17, 15) is 32.8 Å². The Morgan fingerprint density at radius 3 is 2.50 bits per heavy atom. The fourth-order valence-electron chi connectivity index (χ4n) is 9.49. The molecule has 14 nitrogen and oxygen atoms in total. The van der Waals surface area contributed by atoms with Gasteiger partial charge in [0.15, 0.2) is 0 Å². The summed E-state index contributed by atoms with van der Waals surface area (Å²) in [5.41, 5.74) is 5.08. The summed E-state index contributed by atoms with van der Waals surface area (Å²) in [5, 5.41) is 28.5. The number of nitrogens with zero attached hydrogens (tertiary/aromatic N) is 4. The lowest BCUT2D eigenvalue weighted by Gasteiger charge is -2.39. The minimum absolute atomic E-state index is 0.0581. The molecule has 1 aliphatic heterocycles. The molecule has 17 heteroatoms. The average molecular weight is 986 g/mol. The van der Waals surface area contributed by atoms with Gasteiger partial charge in [-0.25, -0.2) is 22.5 Å². The third-order valence-electron chi connectivity index (χ3n) is 13.7. The van der Waals surface area contributed by atoms with Crippen molar-refractivity contribution in [3.8, 4) is 23.3 Å². The van der Waals surface area contributed by atoms with E-state index in [0.717, 1.165) is 80.0 Å². The third kappa shape index (κ3) is 11.5. The summed E-state index contributed by atoms with van der Waals surface area (Å²) < 4.78 is 49.4. The van der Waals surface area contributed by atoms with Crippen LogP contribution in [0.2, 0.25) is 0 Å². The number of halogens is 1. The van der Waals surface area contributed by atoms with Gasteiger partial charge in [-0.1, -0.05) is 31.3 Å². The second-order valence-corrected chi connectivity index (χ2v) is 22.3. The first kappa shape index (κ1) is 48.4. The minimum atomic E-state index is -4.60. The summed E-state index contributed by atoms with van der Waals surface area (Å²) in [6.45, 7) is 10.7. The first-order valence-electron chi connectivity index (χ1n) is 23.6. The number of ether oxygens (including phenoxy) is 1. The van der Waals surface area contributed by atoms with Gasteiger partial charge < -0.3 is 25.0 Å². The Morgan fingerprint density at radius 2 is 1.74 bits per heavy atom. The van der Waals surface area contributed by atoms with Crippen LogP contribution in [0.4, 0.5) is 21.5 Å². The molecule has 9 rings (SSSR count). The molecule has 364 valence electrons. The van der Waals surface area contributed by atoms with Crippen LogP contribution in [0, 0.1) is 39.1 Å². The number of pyridine rings is 1. The van der Waals surface area contributed by atoms with E-state index in [1.54, 1.807) is 54.8 Å². The van der Waals surface area contributed by atoms with Crippen molar-refractivity contribution in [3.05, 3.63) is 140 Å². The fourth-order valence-corrected chi connectivity index (χ4v) is 11.4. The van der Waals surface area contributed by atoms with Crippen LogP contribution >= 0.6 is 11.3 Å². The van der Waals surface area contributed by atoms with Gasteiger partial charge in [0.1, 0.15) is 28.7 Å². The molecule has 3 aromatic heterocycles. The lowest BCUT2D eigenvalue weighted by molar-refractivity contribution is -0.384. The number of hydrogen-bond donors (Lipinski definition) is 4. The predicted octanol–water partition coefficient (Wildman–Crippen LogP) is 10.1. The average Bonchev–Trinajstić information content (AvgIpc) is 4.02. The summed E-state index contributed by atoms with van der Waals surface area (Å²) in [6, 6.07) is 20.5. The van der Waals surface area contributed by atoms with E-state index < -0.39 is 37.0 Å². The highest BCUT2D eigenvalue weighted by atomic mass is 32.2. The number of allylic oxidation sites excluding steroid dienone is 1. The Kier molecular flexibility index (Phi) is 13.9. The molecule has 0 bridgehead atoms. The first-order chi connectivity index (χ1) is 33.5. The smallest absolute Gasteiger partial charge is 0.293 e. The van der Waals surface area contributed by atoms with Gasteiger partial charge in [0.05, 0.1) is 27.2 Å². The number of anilines is 2. The number of aromatic nitrogens is 2. The minimum Gasteiger partial charge on any atom is -0.455 e. The molecule has 70 heavy (non-hydrogen) atoms. The monoisotopic (exact) mass is 985 g/mol. The van der Waals surface area contributed by atoms with Gasteiger partial charge in [-0.2, -0.15) is 0 Å². The second-order valence-electron chi connectivity index (χ2n) is 19.7. The topological polar surface area (TPSA) is 183 Å². The van der Waals surface area contributed by atoms with Crippen LogP contribution in [-0.4, -0.2) is 84.1 Å². The predicted molar refractivity (Wildman–Crippen MR) is 271 cm³/mol. The number of fused-ring (bicyclic) bond motifs is 1. The molecule has 6 aromatic rings. The van der Waals surface area contributed by atoms with Crippen molar-refractivity contribution in [2.24, 2.45) is 11.3 Å². The molecule has 2 aliphatic carbocycles. The van der Waals surface area contributed by atoms with Gasteiger partial charge in [0, 0.05) is 90.1 Å². The van der Waals surface area contributed by atoms with Crippen LogP contribution in [0.1, 0.15) is 92.1 Å². The lowest BCUT2D eigenvalue weighted by atomic mass is 9.73. The molecule has 4 N–H and O–H groups in total. The van der Waals surface area contributed by atoms with E-state index >= 15 is 0 Å². The molecular weight excluding hydrogens is 930 g/mol. The van der Waals surface area contributed by atoms with E-state index in [-0.39, 0.29) is 34.2 Å². The number of nitro groups is 1. The maximum absolute atomic E-state index is 14.0. The number of sulfonamides is 1. The Labute approximate surface area is 411 Å². The molecule has 0 radical (unpaired) electrons. The van der Waals surface area contributed by atoms with E-state index in [0.29, 0.717) is 43.9 Å². The standard InChI is InChI=1S/C53H56FN7O7S2/c1-52(2)18-16-39(45(30-52)49-26-37(34-69-49)5-4-35-6-8-40(54)9-7-35)33-59-22-24-60(25-23-59)41-10-12-44(48(28-41)68-42-27-38-17-21-55-50(38)57-32-42)51(62)58-70(66,67)43-11-13-46(47(29-43)61(64)65)56-31-36-14-19-53(3,63)20-15-36/h6-13,17,21,26-29,32,34,36,56,63H,14-16,18-20,22-25,30-31,33H2,1-3H3,(H,55,57)(H,58,62). The number of aliphatic hydroxyl groups is 1. The number of piperazine rings is 1. The van der Waals surface area contributed by atoms with Gasteiger partial charge in [-0.05, 0) is 136 Å². The number of thiophene rings is 1. The number of carbonyl (C=O) groups excluding carboxylic acids is 1. The van der Waals surface area contributed by atoms with Crippen molar-refractivity contribution in [1.82, 2.24) is 19.6 Å². The first-order valence-corrected chi connectivity index (χ1v) is 25.9. The number of H-pyrrole nitrogens is 1. The maximum atomic E-state index is 14.0. The number of nitro benzene ring substituents is 1. The summed E-state index contributed by atoms with van der Waals surface area (Å²) in [6.07, 6.45) is 9.11. The molecule has 3 aromatic carbocycles. The molecule has 3 aliphatic rings. The highest BCUT2D eigenvalue weighted by Gasteiger charge is 2.32. The summed E-state index contributed by atoms with van der Waals surface area (Å²) in [4.78, 5) is 38.5. The molecule has 2 fully saturated rings. The number of aromatic amines is 1. The molecular formula is C53H56FN7O7S2. The molecule has 0 unspecified atom stereocenters. The van der Waals surface area contributed by atoms with Crippen LogP contribution in [0.5, 0.6) is 11.5 Å². The normalized spacial score (nSPS) is 19.6. The van der Waals surface area contributed by atoms with Crippen LogP contribution in [0.3, 0.4) is 0 Å². The zero-order chi connectivity index (χ0) is 49.2. The summed E-state index contributed by atoms with van der Waals surface area (Å²) in [7, 11) is -4.60. The van der Waals surface area contributed by atoms with Gasteiger partial charge in [-0.3, -0.25) is 19.8 Å². The van der Waals surface area contributed by atoms with Crippen molar-refractivity contribution < 1.29 is 32.4 Å². The molecule has 1 amide bonds. The zero-order valence-electron chi connectivity index (χ0n) is 39.4. The maximum Gasteiger partial charge on any atom is 0.293 e. The number of carbonyl (C=O) groups is 1. The number of hydrogen-bond acceptors (Lipinski definition) is 12. The Morgan fingerprint density at radius 1 is 0.986 bits per heavy atom. The molecule has 4 heterocycles.